The number of ether oxygens (including phenoxy) is 2. The van der Waals surface area contributed by atoms with Gasteiger partial charge in [-0.25, -0.2) is 0 Å². The smallest absolute Gasteiger partial charge is 0.325 e. The molecule has 0 aliphatic carbocycles. The second-order valence-electron chi connectivity index (χ2n) is 7.07. The number of nitrogens with zero attached hydrogens (tertiary/aromatic N) is 2. The minimum absolute atomic E-state index is 0.0651. The lowest BCUT2D eigenvalue weighted by atomic mass is 10.2. The molecule has 0 radical (unpaired) electrons. The summed E-state index contributed by atoms with van der Waals surface area (Å²) in [7, 11) is 1.32. The minimum Gasteiger partial charge on any atom is -0.494 e. The molecule has 1 amide bonds. The van der Waals surface area contributed by atoms with Crippen LogP contribution in [0.5, 0.6) is 5.75 Å². The standard InChI is InChI=1S/C23H25ClN2O4S/c1-4-5-6-12-30-17-9-7-8-16(13-17)22(28)25-23-26(14-20(27)29-3)21-15(2)18(24)10-11-19(21)31-23/h7-11,13H,4-6,12,14H2,1-3H3. The summed E-state index contributed by atoms with van der Waals surface area (Å²) in [4.78, 5) is 29.6. The summed E-state index contributed by atoms with van der Waals surface area (Å²) >= 11 is 7.61. The van der Waals surface area contributed by atoms with Crippen LogP contribution >= 0.6 is 22.9 Å². The maximum atomic E-state index is 12.9. The molecule has 31 heavy (non-hydrogen) atoms. The number of fused-ring (bicyclic) bond motifs is 1. The number of amides is 1. The normalized spacial score (nSPS) is 11.7. The number of esters is 1. The topological polar surface area (TPSA) is 69.9 Å². The SMILES string of the molecule is CCCCCOc1cccc(C(=O)N=c2sc3ccc(Cl)c(C)c3n2CC(=O)OC)c1. The van der Waals surface area contributed by atoms with Gasteiger partial charge >= 0.3 is 5.97 Å². The number of rotatable bonds is 8. The van der Waals surface area contributed by atoms with Crippen LogP contribution in [0.15, 0.2) is 41.4 Å². The molecule has 0 atom stereocenters. The third-order valence-corrected chi connectivity index (χ3v) is 6.29. The van der Waals surface area contributed by atoms with Gasteiger partial charge in [0.2, 0.25) is 0 Å². The molecule has 6 nitrogen and oxygen atoms in total. The predicted molar refractivity (Wildman–Crippen MR) is 123 cm³/mol. The van der Waals surface area contributed by atoms with Crippen molar-refractivity contribution in [1.29, 1.82) is 0 Å². The third-order valence-electron chi connectivity index (χ3n) is 4.84. The molecule has 0 saturated carbocycles. The number of benzene rings is 2. The number of thiazole rings is 1. The third kappa shape index (κ3) is 5.54. The second-order valence-corrected chi connectivity index (χ2v) is 8.48. The van der Waals surface area contributed by atoms with Gasteiger partial charge in [0, 0.05) is 10.6 Å². The molecule has 0 bridgehead atoms. The van der Waals surface area contributed by atoms with Crippen LogP contribution in [-0.4, -0.2) is 30.2 Å². The van der Waals surface area contributed by atoms with E-state index in [0.29, 0.717) is 27.7 Å². The molecule has 0 spiro atoms. The van der Waals surface area contributed by atoms with Crippen LogP contribution in [0.4, 0.5) is 0 Å². The fraction of sp³-hybridized carbons (Fsp3) is 0.348. The van der Waals surface area contributed by atoms with Crippen molar-refractivity contribution in [1.82, 2.24) is 4.57 Å². The number of halogens is 1. The summed E-state index contributed by atoms with van der Waals surface area (Å²) in [5.74, 6) is -0.207. The quantitative estimate of drug-likeness (QED) is 0.344. The van der Waals surface area contributed by atoms with Crippen molar-refractivity contribution in [3.8, 4) is 5.75 Å². The van der Waals surface area contributed by atoms with Gasteiger partial charge in [-0.15, -0.1) is 0 Å². The maximum absolute atomic E-state index is 12.9. The molecular formula is C23H25ClN2O4S. The number of carbonyl (C=O) groups excluding carboxylic acids is 2. The number of carbonyl (C=O) groups is 2. The average molecular weight is 461 g/mol. The number of hydrogen-bond acceptors (Lipinski definition) is 5. The summed E-state index contributed by atoms with van der Waals surface area (Å²) in [5.41, 5.74) is 2.00. The Labute approximate surface area is 190 Å². The van der Waals surface area contributed by atoms with Crippen LogP contribution in [0, 0.1) is 6.92 Å². The van der Waals surface area contributed by atoms with Crippen molar-refractivity contribution in [2.45, 2.75) is 39.7 Å². The predicted octanol–water partition coefficient (Wildman–Crippen LogP) is 5.15. The lowest BCUT2D eigenvalue weighted by Crippen LogP contribution is -2.22. The highest BCUT2D eigenvalue weighted by molar-refractivity contribution is 7.16. The maximum Gasteiger partial charge on any atom is 0.325 e. The van der Waals surface area contributed by atoms with Crippen molar-refractivity contribution >= 4 is 45.0 Å². The summed E-state index contributed by atoms with van der Waals surface area (Å²) in [6.45, 7) is 4.55. The van der Waals surface area contributed by atoms with E-state index in [0.717, 1.165) is 35.0 Å². The zero-order valence-corrected chi connectivity index (χ0v) is 19.4. The van der Waals surface area contributed by atoms with E-state index in [-0.39, 0.29) is 6.54 Å². The van der Waals surface area contributed by atoms with Crippen molar-refractivity contribution in [2.75, 3.05) is 13.7 Å². The van der Waals surface area contributed by atoms with E-state index in [1.807, 2.05) is 19.1 Å². The number of hydrogen-bond donors (Lipinski definition) is 0. The molecule has 8 heteroatoms. The van der Waals surface area contributed by atoms with Gasteiger partial charge in [-0.2, -0.15) is 4.99 Å². The molecule has 0 N–H and O–H groups in total. The van der Waals surface area contributed by atoms with E-state index in [4.69, 9.17) is 21.1 Å². The molecule has 0 saturated heterocycles. The van der Waals surface area contributed by atoms with Crippen LogP contribution in [0.2, 0.25) is 5.02 Å². The summed E-state index contributed by atoms with van der Waals surface area (Å²) < 4.78 is 13.1. The Hall–Kier alpha value is -2.64. The van der Waals surface area contributed by atoms with E-state index in [1.165, 1.54) is 18.4 Å². The van der Waals surface area contributed by atoms with Gasteiger partial charge in [0.1, 0.15) is 12.3 Å². The number of aryl methyl sites for hydroxylation is 1. The van der Waals surface area contributed by atoms with Crippen molar-refractivity contribution < 1.29 is 19.1 Å². The highest BCUT2D eigenvalue weighted by Gasteiger charge is 2.15. The van der Waals surface area contributed by atoms with E-state index in [2.05, 4.69) is 11.9 Å². The minimum atomic E-state index is -0.435. The Morgan fingerprint density at radius 3 is 2.74 bits per heavy atom. The first-order valence-electron chi connectivity index (χ1n) is 10.1. The highest BCUT2D eigenvalue weighted by atomic mass is 35.5. The molecule has 3 rings (SSSR count). The van der Waals surface area contributed by atoms with E-state index < -0.39 is 11.9 Å². The van der Waals surface area contributed by atoms with E-state index in [1.54, 1.807) is 28.8 Å². The Morgan fingerprint density at radius 1 is 1.19 bits per heavy atom. The molecule has 3 aromatic rings. The molecular weight excluding hydrogens is 436 g/mol. The van der Waals surface area contributed by atoms with Gasteiger partial charge in [0.25, 0.3) is 5.91 Å². The molecule has 2 aromatic carbocycles. The number of unbranched alkanes of at least 4 members (excludes halogenated alkanes) is 2. The molecule has 0 fully saturated rings. The summed E-state index contributed by atoms with van der Waals surface area (Å²) in [6.07, 6.45) is 3.19. The zero-order valence-electron chi connectivity index (χ0n) is 17.8. The molecule has 0 aliphatic rings. The van der Waals surface area contributed by atoms with E-state index >= 15 is 0 Å². The monoisotopic (exact) mass is 460 g/mol. The van der Waals surface area contributed by atoms with Crippen molar-refractivity contribution in [3.05, 3.63) is 57.3 Å². The first-order valence-corrected chi connectivity index (χ1v) is 11.3. The number of methoxy groups -OCH3 is 1. The van der Waals surface area contributed by atoms with Gasteiger partial charge < -0.3 is 14.0 Å². The van der Waals surface area contributed by atoms with Crippen LogP contribution in [0.1, 0.15) is 42.1 Å². The molecule has 1 heterocycles. The molecule has 164 valence electrons. The van der Waals surface area contributed by atoms with Crippen LogP contribution in [0.3, 0.4) is 0 Å². The lowest BCUT2D eigenvalue weighted by molar-refractivity contribution is -0.141. The summed E-state index contributed by atoms with van der Waals surface area (Å²) in [5, 5.41) is 0.578. The Bertz CT molecular complexity index is 1170. The molecule has 0 unspecified atom stereocenters. The molecule has 1 aromatic heterocycles. The zero-order chi connectivity index (χ0) is 22.4. The largest absolute Gasteiger partial charge is 0.494 e. The van der Waals surface area contributed by atoms with Gasteiger partial charge in [-0.1, -0.05) is 48.8 Å². The Balaban J connectivity index is 1.98. The van der Waals surface area contributed by atoms with Crippen LogP contribution in [-0.2, 0) is 16.1 Å². The fourth-order valence-electron chi connectivity index (χ4n) is 3.15. The van der Waals surface area contributed by atoms with Gasteiger partial charge in [0.15, 0.2) is 4.80 Å². The summed E-state index contributed by atoms with van der Waals surface area (Å²) in [6, 6.07) is 10.6. The van der Waals surface area contributed by atoms with Crippen molar-refractivity contribution in [2.24, 2.45) is 4.99 Å². The van der Waals surface area contributed by atoms with Crippen molar-refractivity contribution in [3.63, 3.8) is 0 Å². The van der Waals surface area contributed by atoms with Crippen LogP contribution in [0.25, 0.3) is 10.2 Å². The fourth-order valence-corrected chi connectivity index (χ4v) is 4.39. The Kier molecular flexibility index (Phi) is 7.87. The van der Waals surface area contributed by atoms with Gasteiger partial charge in [-0.3, -0.25) is 9.59 Å². The Morgan fingerprint density at radius 2 is 2.00 bits per heavy atom. The lowest BCUT2D eigenvalue weighted by Gasteiger charge is -2.07. The molecule has 0 aliphatic heterocycles. The first-order chi connectivity index (χ1) is 14.9. The van der Waals surface area contributed by atoms with Gasteiger partial charge in [-0.05, 0) is 49.2 Å². The second kappa shape index (κ2) is 10.6. The first kappa shape index (κ1) is 23.0. The van der Waals surface area contributed by atoms with E-state index in [9.17, 15) is 9.59 Å². The highest BCUT2D eigenvalue weighted by Crippen LogP contribution is 2.27. The van der Waals surface area contributed by atoms with Gasteiger partial charge in [0.05, 0.1) is 23.9 Å². The average Bonchev–Trinajstić information content (AvgIpc) is 3.11. The number of aromatic nitrogens is 1. The van der Waals surface area contributed by atoms with Crippen LogP contribution < -0.4 is 9.54 Å².